The van der Waals surface area contributed by atoms with Crippen molar-refractivity contribution in [2.75, 3.05) is 12.8 Å². The molecule has 0 saturated heterocycles. The molecule has 1 aliphatic heterocycles. The van der Waals surface area contributed by atoms with Gasteiger partial charge in [-0.15, -0.1) is 0 Å². The summed E-state index contributed by atoms with van der Waals surface area (Å²) in [6.45, 7) is 3.36. The first-order valence-corrected chi connectivity index (χ1v) is 10.9. The Labute approximate surface area is 174 Å². The highest BCUT2D eigenvalue weighted by Gasteiger charge is 2.39. The van der Waals surface area contributed by atoms with Crippen molar-refractivity contribution in [3.8, 4) is 0 Å². The average Bonchev–Trinajstić information content (AvgIpc) is 2.62. The van der Waals surface area contributed by atoms with E-state index < -0.39 is 26.9 Å². The fourth-order valence-corrected chi connectivity index (χ4v) is 5.10. The molecule has 3 rings (SSSR count). The van der Waals surface area contributed by atoms with E-state index in [9.17, 15) is 13.0 Å². The van der Waals surface area contributed by atoms with Gasteiger partial charge in [0.15, 0.2) is 11.6 Å². The number of aryl methyl sites for hydroxylation is 1. The minimum atomic E-state index is -2.83. The highest BCUT2D eigenvalue weighted by Crippen LogP contribution is 2.35. The molecule has 0 amide bonds. The van der Waals surface area contributed by atoms with Gasteiger partial charge in [-0.1, -0.05) is 12.2 Å². The number of aliphatic imine (C=N–C) groups is 1. The number of rotatable bonds is 4. The minimum Gasteiger partial charge on any atom is -0.369 e. The normalized spacial score (nSPS) is 24.3. The van der Waals surface area contributed by atoms with Gasteiger partial charge in [0.1, 0.15) is 5.54 Å². The molecule has 0 saturated carbocycles. The van der Waals surface area contributed by atoms with Gasteiger partial charge < -0.3 is 5.73 Å². The molecule has 0 fully saturated rings. The fourth-order valence-electron chi connectivity index (χ4n) is 3.15. The summed E-state index contributed by atoms with van der Waals surface area (Å²) in [6.07, 6.45) is 3.28. The van der Waals surface area contributed by atoms with Crippen LogP contribution in [0.2, 0.25) is 0 Å². The lowest BCUT2D eigenvalue weighted by Crippen LogP contribution is -2.50. The number of halogens is 2. The minimum absolute atomic E-state index is 0.0438. The lowest BCUT2D eigenvalue weighted by atomic mass is 9.91. The summed E-state index contributed by atoms with van der Waals surface area (Å²) in [4.78, 5) is 13.1. The van der Waals surface area contributed by atoms with Gasteiger partial charge in [0.25, 0.3) is 0 Å². The molecule has 6 nitrogen and oxygen atoms in total. The predicted molar refractivity (Wildman–Crippen MR) is 115 cm³/mol. The molecule has 2 atom stereocenters. The number of thiocarbonyl (C=S) groups is 1. The predicted octanol–water partition coefficient (Wildman–Crippen LogP) is 2.13. The number of hydrogen-bond acceptors (Lipinski definition) is 6. The van der Waals surface area contributed by atoms with Crippen LogP contribution in [0.15, 0.2) is 29.5 Å². The van der Waals surface area contributed by atoms with Crippen LogP contribution in [-0.4, -0.2) is 48.0 Å². The van der Waals surface area contributed by atoms with Crippen molar-refractivity contribution in [2.24, 2.45) is 10.7 Å². The Hall–Kier alpha value is -2.46. The number of guanidine groups is 1. The Bertz CT molecular complexity index is 1120. The van der Waals surface area contributed by atoms with E-state index in [1.807, 2.05) is 0 Å². The topological polar surface area (TPSA) is 84.5 Å². The van der Waals surface area contributed by atoms with Crippen LogP contribution in [0.5, 0.6) is 0 Å². The number of nitrogens with zero attached hydrogens (tertiary/aromatic N) is 4. The second-order valence-corrected chi connectivity index (χ2v) is 10.1. The Kier molecular flexibility index (Phi) is 5.44. The van der Waals surface area contributed by atoms with Gasteiger partial charge in [0.2, 0.25) is 5.96 Å². The highest BCUT2D eigenvalue weighted by molar-refractivity contribution is 7.98. The molecule has 1 aromatic carbocycles. The molecule has 0 aliphatic carbocycles. The van der Waals surface area contributed by atoms with Crippen LogP contribution in [0, 0.1) is 18.6 Å². The van der Waals surface area contributed by atoms with E-state index in [0.717, 1.165) is 11.8 Å². The quantitative estimate of drug-likeness (QED) is 0.585. The lowest BCUT2D eigenvalue weighted by Gasteiger charge is -2.37. The van der Waals surface area contributed by atoms with Gasteiger partial charge in [0.05, 0.1) is 33.0 Å². The van der Waals surface area contributed by atoms with E-state index in [4.69, 9.17) is 18.0 Å². The Balaban J connectivity index is 2.02. The van der Waals surface area contributed by atoms with Gasteiger partial charge in [-0.25, -0.2) is 18.0 Å². The second kappa shape index (κ2) is 7.42. The summed E-state index contributed by atoms with van der Waals surface area (Å²) in [5, 5.41) is 0. The lowest BCUT2D eigenvalue weighted by molar-refractivity contribution is 0.446. The standard InChI is InChI=1S/C19H21F2N5OS2/c1-11-8-24-15(9-23-11)16(28)7-12-5-13(17(21)14(20)6-12)19(2)10-29(4,27)26(3)18(22)25-19/h5-6,8-9H,4,7,10H2,1-3H3,(H2,22,25)/t19-,29?/m0/s1. The van der Waals surface area contributed by atoms with Crippen molar-refractivity contribution >= 4 is 38.6 Å². The van der Waals surface area contributed by atoms with Crippen LogP contribution < -0.4 is 5.73 Å². The molecule has 154 valence electrons. The number of benzene rings is 1. The van der Waals surface area contributed by atoms with Crippen LogP contribution in [0.25, 0.3) is 0 Å². The van der Waals surface area contributed by atoms with Gasteiger partial charge in [-0.05, 0) is 37.4 Å². The van der Waals surface area contributed by atoms with Gasteiger partial charge in [-0.3, -0.25) is 14.3 Å². The Morgan fingerprint density at radius 1 is 1.38 bits per heavy atom. The van der Waals surface area contributed by atoms with Crippen LogP contribution >= 0.6 is 12.2 Å². The van der Waals surface area contributed by atoms with E-state index in [1.165, 1.54) is 17.4 Å². The summed E-state index contributed by atoms with van der Waals surface area (Å²) in [6, 6.07) is 2.56. The molecule has 1 unspecified atom stereocenters. The van der Waals surface area contributed by atoms with Gasteiger partial charge >= 0.3 is 0 Å². The third-order valence-electron chi connectivity index (χ3n) is 4.79. The molecule has 1 aliphatic rings. The summed E-state index contributed by atoms with van der Waals surface area (Å²) >= 11 is 5.39. The van der Waals surface area contributed by atoms with Gasteiger partial charge in [-0.2, -0.15) is 0 Å². The third-order valence-corrected chi connectivity index (χ3v) is 7.34. The molecule has 0 spiro atoms. The van der Waals surface area contributed by atoms with E-state index in [1.54, 1.807) is 26.2 Å². The highest BCUT2D eigenvalue weighted by atomic mass is 32.2. The van der Waals surface area contributed by atoms with Crippen molar-refractivity contribution in [2.45, 2.75) is 25.8 Å². The maximum absolute atomic E-state index is 14.7. The van der Waals surface area contributed by atoms with Crippen molar-refractivity contribution in [3.63, 3.8) is 0 Å². The molecule has 2 heterocycles. The number of aromatic nitrogens is 2. The molecule has 2 N–H and O–H groups in total. The summed E-state index contributed by atoms with van der Waals surface area (Å²) in [5.41, 5.74) is 6.17. The van der Waals surface area contributed by atoms with E-state index >= 15 is 0 Å². The van der Waals surface area contributed by atoms with Crippen molar-refractivity contribution in [3.05, 3.63) is 58.7 Å². The zero-order valence-electron chi connectivity index (χ0n) is 16.3. The second-order valence-electron chi connectivity index (χ2n) is 7.24. The summed E-state index contributed by atoms with van der Waals surface area (Å²) in [5.74, 6) is 1.44. The zero-order chi connectivity index (χ0) is 21.6. The van der Waals surface area contributed by atoms with Crippen molar-refractivity contribution in [1.29, 1.82) is 0 Å². The third kappa shape index (κ3) is 4.13. The molecule has 29 heavy (non-hydrogen) atoms. The van der Waals surface area contributed by atoms with Crippen LogP contribution in [0.1, 0.15) is 29.4 Å². The smallest absolute Gasteiger partial charge is 0.203 e. The zero-order valence-corrected chi connectivity index (χ0v) is 17.9. The molecule has 1 aromatic heterocycles. The molecule has 2 aromatic rings. The molecule has 0 bridgehead atoms. The summed E-state index contributed by atoms with van der Waals surface area (Å²) < 4.78 is 43.2. The summed E-state index contributed by atoms with van der Waals surface area (Å²) in [7, 11) is -1.33. The van der Waals surface area contributed by atoms with E-state index in [2.05, 4.69) is 20.8 Å². The Morgan fingerprint density at radius 3 is 2.66 bits per heavy atom. The monoisotopic (exact) mass is 437 g/mol. The molecular weight excluding hydrogens is 416 g/mol. The Morgan fingerprint density at radius 2 is 2.07 bits per heavy atom. The van der Waals surface area contributed by atoms with E-state index in [-0.39, 0.29) is 23.7 Å². The van der Waals surface area contributed by atoms with Crippen LogP contribution in [0.3, 0.4) is 0 Å². The SMILES string of the molecule is C=S1(=O)C[C@@](C)(c2cc(CC(=S)c3cnc(C)cn3)cc(F)c2F)N=C(N)N1C. The number of hydrogen-bond donors (Lipinski definition) is 1. The fraction of sp³-hybridized carbons (Fsp3) is 0.316. The maximum atomic E-state index is 14.7. The first-order chi connectivity index (χ1) is 13.4. The maximum Gasteiger partial charge on any atom is 0.203 e. The molecule has 10 heteroatoms. The largest absolute Gasteiger partial charge is 0.369 e. The first kappa shape index (κ1) is 21.3. The average molecular weight is 438 g/mol. The van der Waals surface area contributed by atoms with Crippen LogP contribution in [-0.2, 0) is 21.7 Å². The molecule has 0 radical (unpaired) electrons. The van der Waals surface area contributed by atoms with Crippen molar-refractivity contribution < 1.29 is 13.0 Å². The van der Waals surface area contributed by atoms with E-state index in [0.29, 0.717) is 16.1 Å². The number of nitrogens with two attached hydrogens (primary N) is 1. The molecular formula is C19H21F2N5OS2. The van der Waals surface area contributed by atoms with Gasteiger partial charge in [0, 0.05) is 30.1 Å². The van der Waals surface area contributed by atoms with Crippen molar-refractivity contribution in [1.82, 2.24) is 14.3 Å². The first-order valence-electron chi connectivity index (χ1n) is 8.67. The van der Waals surface area contributed by atoms with Crippen LogP contribution in [0.4, 0.5) is 8.78 Å².